The number of nitrogens with zero attached hydrogens (tertiary/aromatic N) is 2. The van der Waals surface area contributed by atoms with E-state index in [1.807, 2.05) is 0 Å². The van der Waals surface area contributed by atoms with Crippen molar-refractivity contribution in [1.29, 1.82) is 0 Å². The number of piperazine rings is 1. The number of hydrogen-bond acceptors (Lipinski definition) is 5. The molecule has 0 radical (unpaired) electrons. The van der Waals surface area contributed by atoms with E-state index in [1.165, 1.54) is 11.8 Å². The summed E-state index contributed by atoms with van der Waals surface area (Å²) in [7, 11) is 2.05. The Morgan fingerprint density at radius 3 is 2.38 bits per heavy atom. The highest BCUT2D eigenvalue weighted by atomic mass is 32.2. The maximum absolute atomic E-state index is 12.4. The predicted molar refractivity (Wildman–Crippen MR) is 83.5 cm³/mol. The lowest BCUT2D eigenvalue weighted by atomic mass is 9.92. The van der Waals surface area contributed by atoms with E-state index in [-0.39, 0.29) is 17.1 Å². The smallest absolute Gasteiger partial charge is 0.318 e. The number of amides is 2. The van der Waals surface area contributed by atoms with Crippen LogP contribution in [0, 0.1) is 5.92 Å². The molecule has 2 saturated heterocycles. The third-order valence-electron chi connectivity index (χ3n) is 4.26. The van der Waals surface area contributed by atoms with Gasteiger partial charge in [0.25, 0.3) is 0 Å². The van der Waals surface area contributed by atoms with Gasteiger partial charge in [0.15, 0.2) is 0 Å². The van der Waals surface area contributed by atoms with Crippen molar-refractivity contribution in [2.45, 2.75) is 18.9 Å². The summed E-state index contributed by atoms with van der Waals surface area (Å²) >= 11 is 1.19. The SMILES string of the molecule is CSC(=O)[C@@H](NC(=O)N1CCN(C)CC1)C1CCOCC1. The second-order valence-electron chi connectivity index (χ2n) is 5.69. The van der Waals surface area contributed by atoms with Gasteiger partial charge in [-0.05, 0) is 32.1 Å². The molecule has 0 unspecified atom stereocenters. The fourth-order valence-corrected chi connectivity index (χ4v) is 3.28. The highest BCUT2D eigenvalue weighted by Gasteiger charge is 2.32. The van der Waals surface area contributed by atoms with Gasteiger partial charge in [-0.25, -0.2) is 4.79 Å². The lowest BCUT2D eigenvalue weighted by molar-refractivity contribution is -0.114. The summed E-state index contributed by atoms with van der Waals surface area (Å²) in [6.45, 7) is 4.55. The van der Waals surface area contributed by atoms with Crippen LogP contribution in [0.1, 0.15) is 12.8 Å². The van der Waals surface area contributed by atoms with Gasteiger partial charge in [-0.15, -0.1) is 0 Å². The number of carbonyl (C=O) groups is 2. The lowest BCUT2D eigenvalue weighted by Gasteiger charge is -2.35. The molecule has 7 heteroatoms. The summed E-state index contributed by atoms with van der Waals surface area (Å²) in [5.74, 6) is 0.190. The molecule has 21 heavy (non-hydrogen) atoms. The van der Waals surface area contributed by atoms with E-state index in [4.69, 9.17) is 4.74 Å². The summed E-state index contributed by atoms with van der Waals surface area (Å²) in [5.41, 5.74) is 0. The first kappa shape index (κ1) is 16.6. The molecule has 120 valence electrons. The standard InChI is InChI=1S/C14H25N3O3S/c1-16-5-7-17(8-6-16)14(19)15-12(13(18)21-2)11-3-9-20-10-4-11/h11-12H,3-10H2,1-2H3,(H,15,19)/t12-/m0/s1. The average molecular weight is 315 g/mol. The molecular weight excluding hydrogens is 290 g/mol. The fraction of sp³-hybridized carbons (Fsp3) is 0.857. The van der Waals surface area contributed by atoms with Gasteiger partial charge in [-0.2, -0.15) is 0 Å². The number of carbonyl (C=O) groups excluding carboxylic acids is 2. The molecule has 2 aliphatic heterocycles. The van der Waals surface area contributed by atoms with Crippen LogP contribution in [-0.2, 0) is 9.53 Å². The second kappa shape index (κ2) is 8.00. The Balaban J connectivity index is 1.94. The second-order valence-corrected chi connectivity index (χ2v) is 6.50. The van der Waals surface area contributed by atoms with Crippen LogP contribution in [-0.4, -0.2) is 79.7 Å². The van der Waals surface area contributed by atoms with Crippen molar-refractivity contribution in [3.63, 3.8) is 0 Å². The first-order chi connectivity index (χ1) is 10.1. The van der Waals surface area contributed by atoms with Crippen LogP contribution < -0.4 is 5.32 Å². The number of thioether (sulfide) groups is 1. The number of ether oxygens (including phenoxy) is 1. The number of rotatable bonds is 3. The van der Waals surface area contributed by atoms with Gasteiger partial charge in [-0.3, -0.25) is 4.79 Å². The van der Waals surface area contributed by atoms with Crippen LogP contribution in [0.25, 0.3) is 0 Å². The molecule has 2 heterocycles. The Labute approximate surface area is 130 Å². The molecule has 0 spiro atoms. The highest BCUT2D eigenvalue weighted by Crippen LogP contribution is 2.22. The zero-order chi connectivity index (χ0) is 15.2. The quantitative estimate of drug-likeness (QED) is 0.828. The van der Waals surface area contributed by atoms with Crippen molar-refractivity contribution in [2.75, 3.05) is 52.7 Å². The number of nitrogens with one attached hydrogen (secondary N) is 1. The Hall–Kier alpha value is -0.790. The van der Waals surface area contributed by atoms with Crippen molar-refractivity contribution in [2.24, 2.45) is 5.92 Å². The number of hydrogen-bond donors (Lipinski definition) is 1. The molecule has 0 aromatic heterocycles. The predicted octanol–water partition coefficient (Wildman–Crippen LogP) is 0.628. The van der Waals surface area contributed by atoms with Crippen molar-refractivity contribution in [1.82, 2.24) is 15.1 Å². The number of likely N-dealkylation sites (N-methyl/N-ethyl adjacent to an activating group) is 1. The molecular formula is C14H25N3O3S. The van der Waals surface area contributed by atoms with Crippen LogP contribution in [0.4, 0.5) is 4.79 Å². The van der Waals surface area contributed by atoms with Crippen molar-refractivity contribution in [3.8, 4) is 0 Å². The zero-order valence-corrected chi connectivity index (χ0v) is 13.7. The molecule has 0 aromatic carbocycles. The van der Waals surface area contributed by atoms with Gasteiger partial charge in [0.1, 0.15) is 6.04 Å². The van der Waals surface area contributed by atoms with Crippen molar-refractivity contribution < 1.29 is 14.3 Å². The monoisotopic (exact) mass is 315 g/mol. The van der Waals surface area contributed by atoms with E-state index in [0.29, 0.717) is 13.2 Å². The summed E-state index contributed by atoms with van der Waals surface area (Å²) in [6, 6.07) is -0.502. The van der Waals surface area contributed by atoms with Gasteiger partial charge < -0.3 is 19.9 Å². The van der Waals surface area contributed by atoms with E-state index in [1.54, 1.807) is 11.2 Å². The Bertz CT molecular complexity index is 366. The molecule has 2 aliphatic rings. The van der Waals surface area contributed by atoms with Crippen LogP contribution >= 0.6 is 11.8 Å². The largest absolute Gasteiger partial charge is 0.381 e. The zero-order valence-electron chi connectivity index (χ0n) is 12.8. The van der Waals surface area contributed by atoms with Gasteiger partial charge in [0.05, 0.1) is 0 Å². The first-order valence-electron chi connectivity index (χ1n) is 7.51. The molecule has 0 bridgehead atoms. The van der Waals surface area contributed by atoms with Crippen LogP contribution in [0.15, 0.2) is 0 Å². The van der Waals surface area contributed by atoms with Crippen LogP contribution in [0.3, 0.4) is 0 Å². The topological polar surface area (TPSA) is 61.9 Å². The molecule has 0 aliphatic carbocycles. The molecule has 2 rings (SSSR count). The minimum absolute atomic E-state index is 0.0457. The van der Waals surface area contributed by atoms with Crippen molar-refractivity contribution >= 4 is 22.9 Å². The Morgan fingerprint density at radius 1 is 1.19 bits per heavy atom. The Kier molecular flexibility index (Phi) is 6.32. The molecule has 0 saturated carbocycles. The van der Waals surface area contributed by atoms with E-state index >= 15 is 0 Å². The van der Waals surface area contributed by atoms with E-state index < -0.39 is 6.04 Å². The normalized spacial score (nSPS) is 22.9. The maximum atomic E-state index is 12.4. The summed E-state index contributed by atoms with van der Waals surface area (Å²) < 4.78 is 5.35. The van der Waals surface area contributed by atoms with Crippen LogP contribution in [0.5, 0.6) is 0 Å². The van der Waals surface area contributed by atoms with Gasteiger partial charge in [-0.1, -0.05) is 11.8 Å². The summed E-state index contributed by atoms with van der Waals surface area (Å²) in [4.78, 5) is 28.6. The van der Waals surface area contributed by atoms with Gasteiger partial charge in [0, 0.05) is 39.4 Å². The summed E-state index contributed by atoms with van der Waals surface area (Å²) in [5, 5.41) is 3.01. The minimum Gasteiger partial charge on any atom is -0.381 e. The van der Waals surface area contributed by atoms with E-state index in [9.17, 15) is 9.59 Å². The fourth-order valence-electron chi connectivity index (χ4n) is 2.78. The summed E-state index contributed by atoms with van der Waals surface area (Å²) in [6.07, 6.45) is 3.44. The van der Waals surface area contributed by atoms with E-state index in [0.717, 1.165) is 39.0 Å². The molecule has 2 amide bonds. The van der Waals surface area contributed by atoms with E-state index in [2.05, 4.69) is 17.3 Å². The maximum Gasteiger partial charge on any atom is 0.318 e. The third kappa shape index (κ3) is 4.59. The third-order valence-corrected chi connectivity index (χ3v) is 4.92. The first-order valence-corrected chi connectivity index (χ1v) is 8.74. The Morgan fingerprint density at radius 2 is 1.81 bits per heavy atom. The minimum atomic E-state index is -0.393. The molecule has 0 aromatic rings. The molecule has 1 N–H and O–H groups in total. The van der Waals surface area contributed by atoms with Gasteiger partial charge in [0.2, 0.25) is 5.12 Å². The van der Waals surface area contributed by atoms with Crippen LogP contribution in [0.2, 0.25) is 0 Å². The molecule has 6 nitrogen and oxygen atoms in total. The van der Waals surface area contributed by atoms with Gasteiger partial charge >= 0.3 is 6.03 Å². The number of urea groups is 1. The average Bonchev–Trinajstić information content (AvgIpc) is 2.53. The van der Waals surface area contributed by atoms with Crippen molar-refractivity contribution in [3.05, 3.63) is 0 Å². The molecule has 1 atom stereocenters. The lowest BCUT2D eigenvalue weighted by Crippen LogP contribution is -2.55. The highest BCUT2D eigenvalue weighted by molar-refractivity contribution is 8.13. The molecule has 2 fully saturated rings.